The second-order valence-corrected chi connectivity index (χ2v) is 4.83. The Morgan fingerprint density at radius 3 is 2.53 bits per heavy atom. The molecule has 1 unspecified atom stereocenters. The van der Waals surface area contributed by atoms with Crippen molar-refractivity contribution in [2.75, 3.05) is 0 Å². The van der Waals surface area contributed by atoms with Crippen LogP contribution in [-0.4, -0.2) is 4.21 Å². The molecule has 2 nitrogen and oxygen atoms in total. The first-order valence-electron chi connectivity index (χ1n) is 4.73. The van der Waals surface area contributed by atoms with Gasteiger partial charge in [-0.05, 0) is 31.2 Å². The third-order valence-electron chi connectivity index (χ3n) is 2.14. The summed E-state index contributed by atoms with van der Waals surface area (Å²) in [6, 6.07) is 11.4. The van der Waals surface area contributed by atoms with E-state index >= 15 is 0 Å². The van der Waals surface area contributed by atoms with E-state index in [4.69, 9.17) is 4.42 Å². The van der Waals surface area contributed by atoms with Gasteiger partial charge in [-0.25, -0.2) is 0 Å². The van der Waals surface area contributed by atoms with Gasteiger partial charge in [-0.2, -0.15) is 0 Å². The Balaban J connectivity index is 2.11. The summed E-state index contributed by atoms with van der Waals surface area (Å²) in [5, 5.41) is 0. The summed E-state index contributed by atoms with van der Waals surface area (Å²) >= 11 is 0. The molecule has 0 N–H and O–H groups in total. The van der Waals surface area contributed by atoms with Gasteiger partial charge < -0.3 is 4.42 Å². The highest BCUT2D eigenvalue weighted by molar-refractivity contribution is 7.84. The number of rotatable bonds is 3. The third kappa shape index (κ3) is 2.57. The SMILES string of the molecule is Cc1ccc(S(=O)Cc2ccco2)cc1. The first-order valence-corrected chi connectivity index (χ1v) is 6.05. The van der Waals surface area contributed by atoms with Crippen LogP contribution in [-0.2, 0) is 16.6 Å². The lowest BCUT2D eigenvalue weighted by molar-refractivity contribution is 0.528. The molecule has 0 aliphatic carbocycles. The highest BCUT2D eigenvalue weighted by Crippen LogP contribution is 2.13. The van der Waals surface area contributed by atoms with Gasteiger partial charge in [0.1, 0.15) is 5.76 Å². The molecule has 0 aliphatic heterocycles. The monoisotopic (exact) mass is 220 g/mol. The molecule has 1 atom stereocenters. The third-order valence-corrected chi connectivity index (χ3v) is 3.48. The van der Waals surface area contributed by atoms with E-state index in [2.05, 4.69) is 0 Å². The number of aryl methyl sites for hydroxylation is 1. The molecule has 0 saturated carbocycles. The van der Waals surface area contributed by atoms with Crippen molar-refractivity contribution >= 4 is 10.8 Å². The zero-order valence-electron chi connectivity index (χ0n) is 8.47. The van der Waals surface area contributed by atoms with Gasteiger partial charge in [-0.15, -0.1) is 0 Å². The topological polar surface area (TPSA) is 30.2 Å². The van der Waals surface area contributed by atoms with Crippen LogP contribution in [0.5, 0.6) is 0 Å². The van der Waals surface area contributed by atoms with E-state index in [9.17, 15) is 4.21 Å². The summed E-state index contributed by atoms with van der Waals surface area (Å²) in [6.45, 7) is 2.01. The van der Waals surface area contributed by atoms with E-state index in [0.717, 1.165) is 10.7 Å². The lowest BCUT2D eigenvalue weighted by Gasteiger charge is -2.00. The van der Waals surface area contributed by atoms with Gasteiger partial charge >= 0.3 is 0 Å². The van der Waals surface area contributed by atoms with Gasteiger partial charge in [0, 0.05) is 4.90 Å². The van der Waals surface area contributed by atoms with E-state index in [1.165, 1.54) is 5.56 Å². The van der Waals surface area contributed by atoms with E-state index < -0.39 is 10.8 Å². The predicted octanol–water partition coefficient (Wildman–Crippen LogP) is 2.90. The zero-order chi connectivity index (χ0) is 10.7. The molecule has 78 valence electrons. The standard InChI is InChI=1S/C12H12O2S/c1-10-4-6-12(7-5-10)15(13)9-11-3-2-8-14-11/h2-8H,9H2,1H3. The van der Waals surface area contributed by atoms with Crippen molar-refractivity contribution in [3.63, 3.8) is 0 Å². The molecule has 0 fully saturated rings. The second kappa shape index (κ2) is 4.45. The van der Waals surface area contributed by atoms with Gasteiger partial charge in [-0.3, -0.25) is 4.21 Å². The molecule has 3 heteroatoms. The van der Waals surface area contributed by atoms with Crippen LogP contribution in [0.15, 0.2) is 52.0 Å². The molecule has 0 radical (unpaired) electrons. The maximum absolute atomic E-state index is 11.9. The first kappa shape index (κ1) is 10.2. The maximum Gasteiger partial charge on any atom is 0.116 e. The van der Waals surface area contributed by atoms with Crippen LogP contribution in [0.2, 0.25) is 0 Å². The van der Waals surface area contributed by atoms with E-state index in [1.807, 2.05) is 43.3 Å². The molecular formula is C12H12O2S. The fourth-order valence-electron chi connectivity index (χ4n) is 1.30. The van der Waals surface area contributed by atoms with Gasteiger partial charge in [0.2, 0.25) is 0 Å². The number of hydrogen-bond acceptors (Lipinski definition) is 2. The summed E-state index contributed by atoms with van der Waals surface area (Å²) in [6.07, 6.45) is 1.60. The zero-order valence-corrected chi connectivity index (χ0v) is 9.29. The molecule has 1 heterocycles. The highest BCUT2D eigenvalue weighted by atomic mass is 32.2. The van der Waals surface area contributed by atoms with Crippen LogP contribution in [0.3, 0.4) is 0 Å². The average molecular weight is 220 g/mol. The molecule has 0 saturated heterocycles. The van der Waals surface area contributed by atoms with Crippen LogP contribution in [0.4, 0.5) is 0 Å². The molecule has 1 aromatic heterocycles. The van der Waals surface area contributed by atoms with E-state index in [-0.39, 0.29) is 0 Å². The second-order valence-electron chi connectivity index (χ2n) is 3.38. The number of hydrogen-bond donors (Lipinski definition) is 0. The van der Waals surface area contributed by atoms with E-state index in [0.29, 0.717) is 5.75 Å². The van der Waals surface area contributed by atoms with Crippen LogP contribution in [0, 0.1) is 6.92 Å². The average Bonchev–Trinajstić information content (AvgIpc) is 2.71. The molecule has 0 amide bonds. The predicted molar refractivity (Wildman–Crippen MR) is 60.0 cm³/mol. The van der Waals surface area contributed by atoms with Gasteiger partial charge in [0.05, 0.1) is 22.8 Å². The Hall–Kier alpha value is -1.35. The number of furan rings is 1. The molecule has 15 heavy (non-hydrogen) atoms. The Morgan fingerprint density at radius 1 is 1.20 bits per heavy atom. The smallest absolute Gasteiger partial charge is 0.116 e. The first-order chi connectivity index (χ1) is 7.25. The van der Waals surface area contributed by atoms with Gasteiger partial charge in [0.15, 0.2) is 0 Å². The Kier molecular flexibility index (Phi) is 3.02. The lowest BCUT2D eigenvalue weighted by Crippen LogP contribution is -1.94. The minimum absolute atomic E-state index is 0.441. The normalized spacial score (nSPS) is 12.6. The van der Waals surface area contributed by atoms with Crippen molar-refractivity contribution < 1.29 is 8.63 Å². The molecule has 1 aromatic carbocycles. The summed E-state index contributed by atoms with van der Waals surface area (Å²) < 4.78 is 17.0. The van der Waals surface area contributed by atoms with Gasteiger partial charge in [-0.1, -0.05) is 17.7 Å². The van der Waals surface area contributed by atoms with Crippen LogP contribution in [0.1, 0.15) is 11.3 Å². The Bertz CT molecular complexity index is 443. The van der Waals surface area contributed by atoms with Crippen molar-refractivity contribution in [2.45, 2.75) is 17.6 Å². The van der Waals surface area contributed by atoms with Crippen LogP contribution in [0.25, 0.3) is 0 Å². The molecule has 0 bridgehead atoms. The van der Waals surface area contributed by atoms with E-state index in [1.54, 1.807) is 6.26 Å². The van der Waals surface area contributed by atoms with Crippen molar-refractivity contribution in [1.29, 1.82) is 0 Å². The minimum atomic E-state index is -1.01. The summed E-state index contributed by atoms with van der Waals surface area (Å²) in [5.74, 6) is 1.20. The highest BCUT2D eigenvalue weighted by Gasteiger charge is 2.06. The fourth-order valence-corrected chi connectivity index (χ4v) is 2.33. The molecular weight excluding hydrogens is 208 g/mol. The minimum Gasteiger partial charge on any atom is -0.468 e. The molecule has 2 aromatic rings. The van der Waals surface area contributed by atoms with Crippen LogP contribution < -0.4 is 0 Å². The fraction of sp³-hybridized carbons (Fsp3) is 0.167. The quantitative estimate of drug-likeness (QED) is 0.796. The Morgan fingerprint density at radius 2 is 1.93 bits per heavy atom. The van der Waals surface area contributed by atoms with Crippen molar-refractivity contribution in [2.24, 2.45) is 0 Å². The lowest BCUT2D eigenvalue weighted by atomic mass is 10.2. The summed E-state index contributed by atoms with van der Waals surface area (Å²) in [7, 11) is -1.01. The summed E-state index contributed by atoms with van der Waals surface area (Å²) in [4.78, 5) is 0.844. The van der Waals surface area contributed by atoms with Crippen LogP contribution >= 0.6 is 0 Å². The summed E-state index contributed by atoms with van der Waals surface area (Å²) in [5.41, 5.74) is 1.17. The van der Waals surface area contributed by atoms with Crippen molar-refractivity contribution in [3.05, 3.63) is 54.0 Å². The molecule has 0 aliphatic rings. The molecule has 0 spiro atoms. The Labute approximate surface area is 91.4 Å². The number of benzene rings is 1. The van der Waals surface area contributed by atoms with Crippen molar-refractivity contribution in [1.82, 2.24) is 0 Å². The van der Waals surface area contributed by atoms with Gasteiger partial charge in [0.25, 0.3) is 0 Å². The molecule has 2 rings (SSSR count). The maximum atomic E-state index is 11.9. The largest absolute Gasteiger partial charge is 0.468 e. The van der Waals surface area contributed by atoms with Crippen molar-refractivity contribution in [3.8, 4) is 0 Å².